The Morgan fingerprint density at radius 3 is 2.79 bits per heavy atom. The van der Waals surface area contributed by atoms with Crippen molar-refractivity contribution in [3.63, 3.8) is 0 Å². The molecule has 7 heteroatoms. The molecule has 0 aliphatic carbocycles. The van der Waals surface area contributed by atoms with E-state index in [1.165, 1.54) is 6.07 Å². The number of piperazine rings is 1. The summed E-state index contributed by atoms with van der Waals surface area (Å²) < 4.78 is 52.9. The minimum absolute atomic E-state index is 0.0708. The maximum Gasteiger partial charge on any atom is 0.416 e. The second kappa shape index (κ2) is 6.86. The summed E-state index contributed by atoms with van der Waals surface area (Å²) >= 11 is 0. The van der Waals surface area contributed by atoms with Gasteiger partial charge in [-0.3, -0.25) is 9.88 Å². The average Bonchev–Trinajstić information content (AvgIpc) is 2.57. The molecule has 1 aliphatic heterocycles. The first-order valence-electron chi connectivity index (χ1n) is 7.65. The van der Waals surface area contributed by atoms with Crippen LogP contribution in [0.3, 0.4) is 0 Å². The van der Waals surface area contributed by atoms with E-state index in [0.717, 1.165) is 11.6 Å². The van der Waals surface area contributed by atoms with Crippen LogP contribution in [0.15, 0.2) is 42.7 Å². The summed E-state index contributed by atoms with van der Waals surface area (Å²) in [6.07, 6.45) is -1.19. The number of alkyl halides is 3. The molecule has 1 N–H and O–H groups in total. The van der Waals surface area contributed by atoms with Crippen molar-refractivity contribution >= 4 is 0 Å². The molecule has 0 saturated carbocycles. The van der Waals surface area contributed by atoms with E-state index in [0.29, 0.717) is 25.7 Å². The van der Waals surface area contributed by atoms with Gasteiger partial charge < -0.3 is 5.32 Å². The molecular formula is C17H17F4N3. The lowest BCUT2D eigenvalue weighted by Crippen LogP contribution is -2.45. The van der Waals surface area contributed by atoms with Crippen LogP contribution in [0.25, 0.3) is 0 Å². The maximum absolute atomic E-state index is 13.3. The predicted molar refractivity (Wildman–Crippen MR) is 81.7 cm³/mol. The summed E-state index contributed by atoms with van der Waals surface area (Å²) in [5, 5.41) is 3.25. The Morgan fingerprint density at radius 2 is 2.08 bits per heavy atom. The van der Waals surface area contributed by atoms with Crippen LogP contribution < -0.4 is 5.32 Å². The van der Waals surface area contributed by atoms with E-state index < -0.39 is 17.6 Å². The minimum Gasteiger partial charge on any atom is -0.314 e. The van der Waals surface area contributed by atoms with Gasteiger partial charge in [-0.25, -0.2) is 4.39 Å². The molecule has 0 bridgehead atoms. The van der Waals surface area contributed by atoms with Gasteiger partial charge in [0.1, 0.15) is 5.82 Å². The Hall–Kier alpha value is -1.99. The zero-order valence-corrected chi connectivity index (χ0v) is 12.9. The molecule has 3 nitrogen and oxygen atoms in total. The van der Waals surface area contributed by atoms with Crippen LogP contribution in [-0.2, 0) is 12.7 Å². The Balaban J connectivity index is 1.89. The van der Waals surface area contributed by atoms with Gasteiger partial charge in [0.25, 0.3) is 0 Å². The van der Waals surface area contributed by atoms with Crippen LogP contribution in [0.5, 0.6) is 0 Å². The summed E-state index contributed by atoms with van der Waals surface area (Å²) in [4.78, 5) is 6.05. The molecule has 1 unspecified atom stereocenters. The topological polar surface area (TPSA) is 28.2 Å². The molecule has 1 fully saturated rings. The zero-order chi connectivity index (χ0) is 17.2. The first-order chi connectivity index (χ1) is 11.4. The molecule has 1 aromatic carbocycles. The van der Waals surface area contributed by atoms with Crippen molar-refractivity contribution in [3.8, 4) is 0 Å². The molecule has 0 radical (unpaired) electrons. The van der Waals surface area contributed by atoms with Crippen LogP contribution >= 0.6 is 0 Å². The number of pyridine rings is 1. The maximum atomic E-state index is 13.3. The van der Waals surface area contributed by atoms with Crippen molar-refractivity contribution in [1.29, 1.82) is 0 Å². The molecule has 0 amide bonds. The zero-order valence-electron chi connectivity index (χ0n) is 12.9. The lowest BCUT2D eigenvalue weighted by Gasteiger charge is -2.36. The molecule has 24 heavy (non-hydrogen) atoms. The van der Waals surface area contributed by atoms with Gasteiger partial charge in [0, 0.05) is 44.6 Å². The SMILES string of the molecule is Fc1ccc(CN2CCNCC2c2cccnc2)c(C(F)(F)F)c1. The monoisotopic (exact) mass is 339 g/mol. The van der Waals surface area contributed by atoms with Gasteiger partial charge in [-0.15, -0.1) is 0 Å². The summed E-state index contributed by atoms with van der Waals surface area (Å²) in [5.41, 5.74) is 0.117. The normalized spacial score (nSPS) is 19.4. The highest BCUT2D eigenvalue weighted by atomic mass is 19.4. The van der Waals surface area contributed by atoms with Crippen LogP contribution in [-0.4, -0.2) is 29.5 Å². The molecule has 2 heterocycles. The van der Waals surface area contributed by atoms with Gasteiger partial charge in [0.05, 0.1) is 5.56 Å². The van der Waals surface area contributed by atoms with Gasteiger partial charge in [-0.2, -0.15) is 13.2 Å². The quantitative estimate of drug-likeness (QED) is 0.869. The fourth-order valence-corrected chi connectivity index (χ4v) is 3.01. The number of halogens is 4. The van der Waals surface area contributed by atoms with E-state index >= 15 is 0 Å². The third-order valence-corrected chi connectivity index (χ3v) is 4.17. The number of benzene rings is 1. The third-order valence-electron chi connectivity index (χ3n) is 4.17. The number of nitrogens with one attached hydrogen (secondary N) is 1. The lowest BCUT2D eigenvalue weighted by atomic mass is 10.0. The second-order valence-corrected chi connectivity index (χ2v) is 5.78. The fraction of sp³-hybridized carbons (Fsp3) is 0.353. The average molecular weight is 339 g/mol. The van der Waals surface area contributed by atoms with Crippen LogP contribution in [0.4, 0.5) is 17.6 Å². The summed E-state index contributed by atoms with van der Waals surface area (Å²) in [6.45, 7) is 2.04. The van der Waals surface area contributed by atoms with Gasteiger partial charge in [-0.1, -0.05) is 12.1 Å². The van der Waals surface area contributed by atoms with E-state index in [4.69, 9.17) is 0 Å². The minimum atomic E-state index is -4.57. The summed E-state index contributed by atoms with van der Waals surface area (Å²) in [6, 6.07) is 6.51. The van der Waals surface area contributed by atoms with Crippen molar-refractivity contribution < 1.29 is 17.6 Å². The Bertz CT molecular complexity index is 688. The van der Waals surface area contributed by atoms with Crippen molar-refractivity contribution in [1.82, 2.24) is 15.2 Å². The molecule has 128 valence electrons. The van der Waals surface area contributed by atoms with Crippen LogP contribution in [0.1, 0.15) is 22.7 Å². The number of hydrogen-bond donors (Lipinski definition) is 1. The Morgan fingerprint density at radius 1 is 1.25 bits per heavy atom. The van der Waals surface area contributed by atoms with Crippen molar-refractivity contribution in [2.75, 3.05) is 19.6 Å². The summed E-state index contributed by atoms with van der Waals surface area (Å²) in [7, 11) is 0. The lowest BCUT2D eigenvalue weighted by molar-refractivity contribution is -0.138. The highest BCUT2D eigenvalue weighted by molar-refractivity contribution is 5.31. The van der Waals surface area contributed by atoms with E-state index in [1.54, 1.807) is 18.5 Å². The number of hydrogen-bond acceptors (Lipinski definition) is 3. The number of nitrogens with zero attached hydrogens (tertiary/aromatic N) is 2. The van der Waals surface area contributed by atoms with Gasteiger partial charge in [0.15, 0.2) is 0 Å². The van der Waals surface area contributed by atoms with E-state index in [1.807, 2.05) is 11.0 Å². The summed E-state index contributed by atoms with van der Waals surface area (Å²) in [5.74, 6) is -0.879. The molecule has 2 aromatic rings. The highest BCUT2D eigenvalue weighted by Gasteiger charge is 2.35. The standard InChI is InChI=1S/C17H17F4N3/c18-14-4-3-13(15(8-14)17(19,20)21)11-24-7-6-23-10-16(24)12-2-1-5-22-9-12/h1-5,8-9,16,23H,6-7,10-11H2. The molecule has 1 aromatic heterocycles. The van der Waals surface area contributed by atoms with Crippen LogP contribution in [0, 0.1) is 5.82 Å². The first-order valence-corrected chi connectivity index (χ1v) is 7.65. The van der Waals surface area contributed by atoms with Crippen molar-refractivity contribution in [2.45, 2.75) is 18.8 Å². The molecule has 3 rings (SSSR count). The van der Waals surface area contributed by atoms with E-state index in [2.05, 4.69) is 10.3 Å². The molecule has 0 spiro atoms. The van der Waals surface area contributed by atoms with Gasteiger partial charge in [-0.05, 0) is 29.3 Å². The smallest absolute Gasteiger partial charge is 0.314 e. The van der Waals surface area contributed by atoms with Gasteiger partial charge in [0.2, 0.25) is 0 Å². The highest BCUT2D eigenvalue weighted by Crippen LogP contribution is 2.34. The van der Waals surface area contributed by atoms with E-state index in [9.17, 15) is 17.6 Å². The number of aromatic nitrogens is 1. The van der Waals surface area contributed by atoms with Crippen molar-refractivity contribution in [2.24, 2.45) is 0 Å². The first kappa shape index (κ1) is 16.9. The molecule has 1 atom stereocenters. The number of rotatable bonds is 3. The molecular weight excluding hydrogens is 322 g/mol. The van der Waals surface area contributed by atoms with Crippen LogP contribution in [0.2, 0.25) is 0 Å². The third kappa shape index (κ3) is 3.73. The Labute approximate surface area is 137 Å². The fourth-order valence-electron chi connectivity index (χ4n) is 3.01. The van der Waals surface area contributed by atoms with Gasteiger partial charge >= 0.3 is 6.18 Å². The van der Waals surface area contributed by atoms with E-state index in [-0.39, 0.29) is 18.2 Å². The Kier molecular flexibility index (Phi) is 4.82. The predicted octanol–water partition coefficient (Wildman–Crippen LogP) is 3.39. The van der Waals surface area contributed by atoms with Crippen molar-refractivity contribution in [3.05, 3.63) is 65.2 Å². The molecule has 1 aliphatic rings. The second-order valence-electron chi connectivity index (χ2n) is 5.78. The molecule has 1 saturated heterocycles. The largest absolute Gasteiger partial charge is 0.416 e.